The van der Waals surface area contributed by atoms with Gasteiger partial charge >= 0.3 is 6.18 Å². The van der Waals surface area contributed by atoms with Crippen molar-refractivity contribution in [2.45, 2.75) is 31.1 Å². The fourth-order valence-corrected chi connectivity index (χ4v) is 4.65. The van der Waals surface area contributed by atoms with E-state index in [-0.39, 0.29) is 18.7 Å². The molecule has 4 heterocycles. The highest BCUT2D eigenvalue weighted by molar-refractivity contribution is 5.82. The first-order chi connectivity index (χ1) is 17.1. The third kappa shape index (κ3) is 4.86. The number of hydrogen-bond acceptors (Lipinski definition) is 7. The van der Waals surface area contributed by atoms with E-state index >= 15 is 0 Å². The van der Waals surface area contributed by atoms with Crippen molar-refractivity contribution < 1.29 is 22.6 Å². The van der Waals surface area contributed by atoms with Crippen LogP contribution in [0.2, 0.25) is 0 Å². The summed E-state index contributed by atoms with van der Waals surface area (Å²) >= 11 is 0. The predicted octanol–water partition coefficient (Wildman–Crippen LogP) is 4.00. The lowest BCUT2D eigenvalue weighted by Crippen LogP contribution is -2.43. The van der Waals surface area contributed by atoms with E-state index in [1.165, 1.54) is 17.2 Å². The van der Waals surface area contributed by atoms with Gasteiger partial charge in [0.2, 0.25) is 0 Å². The molecule has 36 heavy (non-hydrogen) atoms. The first-order valence-electron chi connectivity index (χ1n) is 11.6. The van der Waals surface area contributed by atoms with Crippen molar-refractivity contribution in [1.82, 2.24) is 24.5 Å². The fraction of sp³-hybridized carbons (Fsp3) is 0.400. The molecule has 5 rings (SSSR count). The summed E-state index contributed by atoms with van der Waals surface area (Å²) in [5.74, 6) is 0.994. The molecule has 1 aliphatic heterocycles. The van der Waals surface area contributed by atoms with Crippen LogP contribution in [0.5, 0.6) is 5.75 Å². The summed E-state index contributed by atoms with van der Waals surface area (Å²) in [7, 11) is 1.60. The molecular formula is C25H27F3N6O2. The highest BCUT2D eigenvalue weighted by Gasteiger charge is 2.48. The zero-order chi connectivity index (χ0) is 25.5. The maximum Gasteiger partial charge on any atom is 0.408 e. The maximum absolute atomic E-state index is 14.2. The van der Waals surface area contributed by atoms with E-state index in [9.17, 15) is 13.2 Å². The molecule has 0 spiro atoms. The number of likely N-dealkylation sites (tertiary alicyclic amines) is 1. The number of aromatic nitrogens is 4. The standard InChI is InChI=1S/C25H27F3N6O2/c1-24(29)9-10-33(15-24)22(25(26,27)28)17-5-8-21-31-32-23(34(21)14-17)19-7-4-16-3-6-18(13-20(16)30-19)36-12-11-35-2/h3-8,13-14,22H,9-12,15,29H2,1-2H3/t22-,24?/m0/s1. The van der Waals surface area contributed by atoms with Crippen LogP contribution in [-0.4, -0.2) is 69.6 Å². The summed E-state index contributed by atoms with van der Waals surface area (Å²) in [4.78, 5) is 6.09. The Hall–Kier alpha value is -3.28. The van der Waals surface area contributed by atoms with Crippen LogP contribution in [0.25, 0.3) is 28.1 Å². The number of alkyl halides is 3. The Morgan fingerprint density at radius 2 is 1.92 bits per heavy atom. The summed E-state index contributed by atoms with van der Waals surface area (Å²) in [5.41, 5.74) is 7.16. The molecular weight excluding hydrogens is 473 g/mol. The second-order valence-corrected chi connectivity index (χ2v) is 9.43. The molecule has 4 aromatic rings. The first-order valence-corrected chi connectivity index (χ1v) is 11.6. The van der Waals surface area contributed by atoms with Gasteiger partial charge in [0, 0.05) is 43.4 Å². The molecule has 2 N–H and O–H groups in total. The van der Waals surface area contributed by atoms with Crippen molar-refractivity contribution in [1.29, 1.82) is 0 Å². The molecule has 1 unspecified atom stereocenters. The Bertz CT molecular complexity index is 1390. The summed E-state index contributed by atoms with van der Waals surface area (Å²) in [6.45, 7) is 3.07. The Morgan fingerprint density at radius 1 is 1.11 bits per heavy atom. The quantitative estimate of drug-likeness (QED) is 0.384. The van der Waals surface area contributed by atoms with E-state index in [0.29, 0.717) is 48.1 Å². The van der Waals surface area contributed by atoms with E-state index in [4.69, 9.17) is 20.2 Å². The van der Waals surface area contributed by atoms with Crippen LogP contribution in [0.1, 0.15) is 24.9 Å². The molecule has 1 fully saturated rings. The van der Waals surface area contributed by atoms with Crippen LogP contribution in [0.15, 0.2) is 48.7 Å². The van der Waals surface area contributed by atoms with Gasteiger partial charge in [-0.25, -0.2) is 4.98 Å². The molecule has 0 radical (unpaired) electrons. The minimum absolute atomic E-state index is 0.100. The average Bonchev–Trinajstić information content (AvgIpc) is 3.40. The van der Waals surface area contributed by atoms with Crippen LogP contribution in [0, 0.1) is 0 Å². The van der Waals surface area contributed by atoms with Gasteiger partial charge in [-0.2, -0.15) is 13.2 Å². The average molecular weight is 501 g/mol. The number of rotatable bonds is 7. The Kier molecular flexibility index (Phi) is 6.31. The van der Waals surface area contributed by atoms with Gasteiger partial charge in [-0.3, -0.25) is 9.30 Å². The Balaban J connectivity index is 1.52. The highest BCUT2D eigenvalue weighted by atomic mass is 19.4. The second kappa shape index (κ2) is 9.30. The molecule has 1 aliphatic rings. The monoisotopic (exact) mass is 500 g/mol. The third-order valence-corrected chi connectivity index (χ3v) is 6.40. The Labute approximate surface area is 205 Å². The number of nitrogens with zero attached hydrogens (tertiary/aromatic N) is 5. The SMILES string of the molecule is COCCOc1ccc2ccc(-c3nnc4ccc([C@H](N5CCC(C)(N)C5)C(F)(F)F)cn34)nc2c1. The first kappa shape index (κ1) is 24.4. The van der Waals surface area contributed by atoms with Gasteiger partial charge in [0.15, 0.2) is 11.5 Å². The van der Waals surface area contributed by atoms with Gasteiger partial charge < -0.3 is 15.2 Å². The van der Waals surface area contributed by atoms with Crippen LogP contribution in [0.3, 0.4) is 0 Å². The van der Waals surface area contributed by atoms with Crippen molar-refractivity contribution in [2.75, 3.05) is 33.4 Å². The molecule has 8 nitrogen and oxygen atoms in total. The molecule has 11 heteroatoms. The fourth-order valence-electron chi connectivity index (χ4n) is 4.65. The van der Waals surface area contributed by atoms with Crippen LogP contribution in [-0.2, 0) is 4.74 Å². The summed E-state index contributed by atoms with van der Waals surface area (Å²) in [5, 5.41) is 9.26. The Morgan fingerprint density at radius 3 is 2.64 bits per heavy atom. The van der Waals surface area contributed by atoms with E-state index in [1.54, 1.807) is 36.6 Å². The number of nitrogens with two attached hydrogens (primary N) is 1. The number of pyridine rings is 2. The molecule has 1 aromatic carbocycles. The molecule has 0 saturated carbocycles. The minimum Gasteiger partial charge on any atom is -0.491 e. The molecule has 3 aromatic heterocycles. The molecule has 0 aliphatic carbocycles. The third-order valence-electron chi connectivity index (χ3n) is 6.40. The van der Waals surface area contributed by atoms with Gasteiger partial charge in [0.05, 0.1) is 12.1 Å². The number of halogens is 3. The maximum atomic E-state index is 14.2. The van der Waals surface area contributed by atoms with Crippen molar-refractivity contribution >= 4 is 16.6 Å². The van der Waals surface area contributed by atoms with Gasteiger partial charge in [-0.05, 0) is 43.2 Å². The molecule has 0 bridgehead atoms. The minimum atomic E-state index is -4.47. The van der Waals surface area contributed by atoms with Crippen molar-refractivity contribution in [3.05, 3.63) is 54.2 Å². The lowest BCUT2D eigenvalue weighted by molar-refractivity contribution is -0.184. The number of methoxy groups -OCH3 is 1. The number of hydrogen-bond donors (Lipinski definition) is 1. The topological polar surface area (TPSA) is 90.8 Å². The van der Waals surface area contributed by atoms with Crippen molar-refractivity contribution in [2.24, 2.45) is 5.73 Å². The van der Waals surface area contributed by atoms with E-state index in [0.717, 1.165) is 5.39 Å². The molecule has 190 valence electrons. The van der Waals surface area contributed by atoms with Crippen LogP contribution < -0.4 is 10.5 Å². The molecule has 1 saturated heterocycles. The second-order valence-electron chi connectivity index (χ2n) is 9.43. The lowest BCUT2D eigenvalue weighted by Gasteiger charge is -2.31. The van der Waals surface area contributed by atoms with Gasteiger partial charge in [0.25, 0.3) is 0 Å². The van der Waals surface area contributed by atoms with E-state index in [1.807, 2.05) is 18.2 Å². The number of benzene rings is 1. The van der Waals surface area contributed by atoms with Crippen molar-refractivity contribution in [3.8, 4) is 17.3 Å². The van der Waals surface area contributed by atoms with Crippen LogP contribution >= 0.6 is 0 Å². The summed E-state index contributed by atoms with van der Waals surface area (Å²) in [6.07, 6.45) is -2.52. The normalized spacial score (nSPS) is 19.8. The zero-order valence-corrected chi connectivity index (χ0v) is 20.0. The van der Waals surface area contributed by atoms with Gasteiger partial charge in [0.1, 0.15) is 24.1 Å². The smallest absolute Gasteiger partial charge is 0.408 e. The van der Waals surface area contributed by atoms with E-state index in [2.05, 4.69) is 10.2 Å². The van der Waals surface area contributed by atoms with Crippen LogP contribution in [0.4, 0.5) is 13.2 Å². The van der Waals surface area contributed by atoms with Crippen molar-refractivity contribution in [3.63, 3.8) is 0 Å². The molecule has 0 amide bonds. The number of fused-ring (bicyclic) bond motifs is 2. The van der Waals surface area contributed by atoms with Gasteiger partial charge in [-0.15, -0.1) is 10.2 Å². The largest absolute Gasteiger partial charge is 0.491 e. The highest BCUT2D eigenvalue weighted by Crippen LogP contribution is 2.41. The molecule has 2 atom stereocenters. The lowest BCUT2D eigenvalue weighted by atomic mass is 10.0. The van der Waals surface area contributed by atoms with E-state index < -0.39 is 17.8 Å². The van der Waals surface area contributed by atoms with Gasteiger partial charge in [-0.1, -0.05) is 12.1 Å². The number of ether oxygens (including phenoxy) is 2. The predicted molar refractivity (Wildman–Crippen MR) is 129 cm³/mol. The zero-order valence-electron chi connectivity index (χ0n) is 20.0. The summed E-state index contributed by atoms with van der Waals surface area (Å²) < 4.78 is 54.9. The summed E-state index contributed by atoms with van der Waals surface area (Å²) in [6, 6.07) is 10.4.